The average molecular weight is 516 g/mol. The number of piperazine rings is 1. The van der Waals surface area contributed by atoms with Gasteiger partial charge in [-0.25, -0.2) is 0 Å². The zero-order valence-corrected chi connectivity index (χ0v) is 21.3. The van der Waals surface area contributed by atoms with E-state index < -0.39 is 0 Å². The molecule has 0 radical (unpaired) electrons. The fourth-order valence-corrected chi connectivity index (χ4v) is 6.09. The van der Waals surface area contributed by atoms with E-state index in [0.717, 1.165) is 80.0 Å². The normalized spacial score (nSPS) is 25.6. The summed E-state index contributed by atoms with van der Waals surface area (Å²) in [7, 11) is 2.22. The van der Waals surface area contributed by atoms with E-state index in [1.807, 2.05) is 24.3 Å². The first kappa shape index (κ1) is 26.4. The van der Waals surface area contributed by atoms with Gasteiger partial charge in [0.25, 0.3) is 0 Å². The van der Waals surface area contributed by atoms with Crippen LogP contribution in [0.25, 0.3) is 0 Å². The van der Waals surface area contributed by atoms with E-state index in [2.05, 4.69) is 29.0 Å². The molecule has 2 unspecified atom stereocenters. The number of rotatable bonds is 2. The van der Waals surface area contributed by atoms with Crippen LogP contribution in [0.5, 0.6) is 11.5 Å². The van der Waals surface area contributed by atoms with Crippen LogP contribution >= 0.6 is 35.6 Å². The SMILES string of the molecule is CN1CCN(C2(C3CCOc4cc(Cl)ccc4C3)CCCOc3cc(Cl)ccc32)CC1.Cl.O. The van der Waals surface area contributed by atoms with Crippen LogP contribution in [0.15, 0.2) is 36.4 Å². The molecule has 3 heterocycles. The Balaban J connectivity index is 0.00000153. The van der Waals surface area contributed by atoms with E-state index in [9.17, 15) is 0 Å². The Hall–Kier alpha value is -1.21. The first-order valence-electron chi connectivity index (χ1n) is 11.3. The molecular weight excluding hydrogens is 483 g/mol. The Labute approximate surface area is 212 Å². The lowest BCUT2D eigenvalue weighted by molar-refractivity contribution is -0.0169. The van der Waals surface area contributed by atoms with Crippen molar-refractivity contribution in [3.8, 4) is 11.5 Å². The van der Waals surface area contributed by atoms with E-state index in [0.29, 0.717) is 12.5 Å². The minimum absolute atomic E-state index is 0. The van der Waals surface area contributed by atoms with Gasteiger partial charge in [0.1, 0.15) is 11.5 Å². The van der Waals surface area contributed by atoms with Crippen LogP contribution in [-0.2, 0) is 12.0 Å². The molecule has 0 amide bonds. The highest BCUT2D eigenvalue weighted by Gasteiger charge is 2.48. The maximum absolute atomic E-state index is 6.39. The molecule has 5 nitrogen and oxygen atoms in total. The molecule has 2 atom stereocenters. The lowest BCUT2D eigenvalue weighted by Crippen LogP contribution is -2.58. The molecule has 2 aromatic carbocycles. The van der Waals surface area contributed by atoms with Crippen molar-refractivity contribution in [1.29, 1.82) is 0 Å². The summed E-state index contributed by atoms with van der Waals surface area (Å²) in [5, 5.41) is 1.46. The first-order valence-corrected chi connectivity index (χ1v) is 12.1. The maximum atomic E-state index is 6.39. The maximum Gasteiger partial charge on any atom is 0.125 e. The third-order valence-electron chi connectivity index (χ3n) is 7.33. The van der Waals surface area contributed by atoms with Crippen molar-refractivity contribution in [2.24, 2.45) is 5.92 Å². The molecule has 0 aromatic heterocycles. The molecule has 3 aliphatic rings. The highest BCUT2D eigenvalue weighted by atomic mass is 35.5. The number of hydrogen-bond acceptors (Lipinski definition) is 4. The number of nitrogens with zero attached hydrogens (tertiary/aromatic N) is 2. The van der Waals surface area contributed by atoms with Crippen LogP contribution in [-0.4, -0.2) is 61.7 Å². The summed E-state index contributed by atoms with van der Waals surface area (Å²) in [4.78, 5) is 5.16. The second-order valence-corrected chi connectivity index (χ2v) is 9.97. The number of hydrogen-bond donors (Lipinski definition) is 0. The Bertz CT molecular complexity index is 952. The minimum atomic E-state index is -0.0950. The molecule has 0 saturated carbocycles. The monoisotopic (exact) mass is 514 g/mol. The number of ether oxygens (including phenoxy) is 2. The van der Waals surface area contributed by atoms with Crippen molar-refractivity contribution in [3.63, 3.8) is 0 Å². The summed E-state index contributed by atoms with van der Waals surface area (Å²) in [5.41, 5.74) is 2.45. The van der Waals surface area contributed by atoms with Gasteiger partial charge in [0, 0.05) is 41.8 Å². The Morgan fingerprint density at radius 3 is 2.33 bits per heavy atom. The highest BCUT2D eigenvalue weighted by molar-refractivity contribution is 6.31. The minimum Gasteiger partial charge on any atom is -0.493 e. The molecule has 1 saturated heterocycles. The van der Waals surface area contributed by atoms with Crippen LogP contribution in [0.1, 0.15) is 30.4 Å². The molecular formula is C25H33Cl3N2O3. The zero-order valence-electron chi connectivity index (χ0n) is 19.0. The summed E-state index contributed by atoms with van der Waals surface area (Å²) in [6.45, 7) is 5.73. The molecule has 5 rings (SSSR count). The summed E-state index contributed by atoms with van der Waals surface area (Å²) >= 11 is 12.6. The number of benzene rings is 2. The third-order valence-corrected chi connectivity index (χ3v) is 7.80. The summed E-state index contributed by atoms with van der Waals surface area (Å²) in [6.07, 6.45) is 4.09. The van der Waals surface area contributed by atoms with Crippen LogP contribution in [0.2, 0.25) is 10.0 Å². The fourth-order valence-electron chi connectivity index (χ4n) is 5.77. The molecule has 1 fully saturated rings. The molecule has 33 heavy (non-hydrogen) atoms. The molecule has 0 bridgehead atoms. The van der Waals surface area contributed by atoms with Crippen LogP contribution < -0.4 is 9.47 Å². The molecule has 8 heteroatoms. The third kappa shape index (κ3) is 5.09. The van der Waals surface area contributed by atoms with Gasteiger partial charge in [-0.3, -0.25) is 4.90 Å². The van der Waals surface area contributed by atoms with Gasteiger partial charge in [-0.2, -0.15) is 0 Å². The van der Waals surface area contributed by atoms with E-state index in [-0.39, 0.29) is 23.4 Å². The standard InChI is InChI=1S/C25H30Cl2N2O2.ClH.H2O/c1-28-9-11-29(12-10-28)25(8-2-13-30-24-17-21(27)5-6-22(24)25)19-7-14-31-23-16-20(26)4-3-18(23)15-19;;/h3-6,16-17,19H,2,7-15H2,1H3;1H;1H2. The van der Waals surface area contributed by atoms with Gasteiger partial charge < -0.3 is 19.8 Å². The van der Waals surface area contributed by atoms with Crippen molar-refractivity contribution < 1.29 is 14.9 Å². The Morgan fingerprint density at radius 2 is 1.58 bits per heavy atom. The van der Waals surface area contributed by atoms with Crippen LogP contribution in [0.4, 0.5) is 0 Å². The number of fused-ring (bicyclic) bond motifs is 2. The van der Waals surface area contributed by atoms with Crippen LogP contribution in [0, 0.1) is 5.92 Å². The average Bonchev–Trinajstić information content (AvgIpc) is 3.08. The van der Waals surface area contributed by atoms with Gasteiger partial charge in [0.15, 0.2) is 0 Å². The Morgan fingerprint density at radius 1 is 0.909 bits per heavy atom. The molecule has 0 spiro atoms. The molecule has 3 aliphatic heterocycles. The van der Waals surface area contributed by atoms with E-state index in [1.54, 1.807) is 0 Å². The van der Waals surface area contributed by atoms with Crippen molar-refractivity contribution in [3.05, 3.63) is 57.6 Å². The molecule has 2 aromatic rings. The summed E-state index contributed by atoms with van der Waals surface area (Å²) in [5.74, 6) is 2.30. The van der Waals surface area contributed by atoms with Crippen molar-refractivity contribution in [2.75, 3.05) is 46.4 Å². The number of halogens is 3. The van der Waals surface area contributed by atoms with Crippen molar-refractivity contribution in [2.45, 2.75) is 31.2 Å². The van der Waals surface area contributed by atoms with Gasteiger partial charge in [-0.1, -0.05) is 35.3 Å². The Kier molecular flexibility index (Phi) is 8.82. The van der Waals surface area contributed by atoms with Gasteiger partial charge in [-0.15, -0.1) is 12.4 Å². The van der Waals surface area contributed by atoms with Gasteiger partial charge in [0.05, 0.1) is 18.8 Å². The number of likely N-dealkylation sites (N-methyl/N-ethyl adjacent to an activating group) is 1. The van der Waals surface area contributed by atoms with Crippen LogP contribution in [0.3, 0.4) is 0 Å². The van der Waals surface area contributed by atoms with E-state index in [1.165, 1.54) is 11.1 Å². The van der Waals surface area contributed by atoms with Gasteiger partial charge in [0.2, 0.25) is 0 Å². The predicted octanol–water partition coefficient (Wildman–Crippen LogP) is 4.85. The highest BCUT2D eigenvalue weighted by Crippen LogP contribution is 2.50. The van der Waals surface area contributed by atoms with E-state index in [4.69, 9.17) is 32.7 Å². The second-order valence-electron chi connectivity index (χ2n) is 9.10. The lowest BCUT2D eigenvalue weighted by atomic mass is 9.69. The summed E-state index contributed by atoms with van der Waals surface area (Å²) < 4.78 is 12.4. The zero-order chi connectivity index (χ0) is 21.4. The molecule has 0 aliphatic carbocycles. The molecule has 182 valence electrons. The molecule has 2 N–H and O–H groups in total. The fraction of sp³-hybridized carbons (Fsp3) is 0.520. The van der Waals surface area contributed by atoms with Crippen molar-refractivity contribution in [1.82, 2.24) is 9.80 Å². The van der Waals surface area contributed by atoms with Gasteiger partial charge in [-0.05, 0) is 68.5 Å². The summed E-state index contributed by atoms with van der Waals surface area (Å²) in [6, 6.07) is 12.3. The van der Waals surface area contributed by atoms with Crippen molar-refractivity contribution >= 4 is 35.6 Å². The quantitative estimate of drug-likeness (QED) is 0.574. The topological polar surface area (TPSA) is 56.4 Å². The largest absolute Gasteiger partial charge is 0.493 e. The smallest absolute Gasteiger partial charge is 0.125 e. The van der Waals surface area contributed by atoms with Gasteiger partial charge >= 0.3 is 0 Å². The first-order chi connectivity index (χ1) is 15.1. The predicted molar refractivity (Wildman–Crippen MR) is 137 cm³/mol. The van der Waals surface area contributed by atoms with E-state index >= 15 is 0 Å². The second kappa shape index (κ2) is 11.0. The lowest BCUT2D eigenvalue weighted by Gasteiger charge is -2.51.